The molecule has 1 aromatic heterocycles. The van der Waals surface area contributed by atoms with E-state index in [9.17, 15) is 13.2 Å². The summed E-state index contributed by atoms with van der Waals surface area (Å²) in [4.78, 5) is 18.5. The first kappa shape index (κ1) is 19.4. The van der Waals surface area contributed by atoms with E-state index in [0.29, 0.717) is 23.7 Å². The predicted molar refractivity (Wildman–Crippen MR) is 107 cm³/mol. The number of pyridine rings is 1. The van der Waals surface area contributed by atoms with Gasteiger partial charge in [-0.25, -0.2) is 13.4 Å². The SMILES string of the molecule is CC(C)c1ccccc1Nc1ccc(C(=O)N(C)C2CCS(=O)(=O)C2)cn1. The third-order valence-corrected chi connectivity index (χ3v) is 6.68. The second-order valence-corrected chi connectivity index (χ2v) is 9.50. The van der Waals surface area contributed by atoms with Gasteiger partial charge in [-0.2, -0.15) is 0 Å². The molecule has 1 unspecified atom stereocenters. The second-order valence-electron chi connectivity index (χ2n) is 7.27. The summed E-state index contributed by atoms with van der Waals surface area (Å²) in [6, 6.07) is 11.3. The van der Waals surface area contributed by atoms with Crippen LogP contribution in [-0.4, -0.2) is 48.8 Å². The molecule has 1 amide bonds. The zero-order valence-electron chi connectivity index (χ0n) is 15.8. The van der Waals surface area contributed by atoms with Crippen LogP contribution in [-0.2, 0) is 9.84 Å². The zero-order valence-corrected chi connectivity index (χ0v) is 16.7. The smallest absolute Gasteiger partial charge is 0.255 e. The topological polar surface area (TPSA) is 79.4 Å². The number of hydrogen-bond acceptors (Lipinski definition) is 5. The van der Waals surface area contributed by atoms with Gasteiger partial charge >= 0.3 is 0 Å². The lowest BCUT2D eigenvalue weighted by molar-refractivity contribution is 0.0747. The van der Waals surface area contributed by atoms with Crippen molar-refractivity contribution in [1.29, 1.82) is 0 Å². The zero-order chi connectivity index (χ0) is 19.6. The molecule has 1 aliphatic heterocycles. The Morgan fingerprint density at radius 3 is 2.56 bits per heavy atom. The van der Waals surface area contributed by atoms with Crippen LogP contribution >= 0.6 is 0 Å². The summed E-state index contributed by atoms with van der Waals surface area (Å²) >= 11 is 0. The van der Waals surface area contributed by atoms with Gasteiger partial charge in [-0.1, -0.05) is 32.0 Å². The summed E-state index contributed by atoms with van der Waals surface area (Å²) in [5, 5.41) is 3.30. The van der Waals surface area contributed by atoms with Crippen molar-refractivity contribution in [2.45, 2.75) is 32.2 Å². The van der Waals surface area contributed by atoms with Crippen LogP contribution in [0.3, 0.4) is 0 Å². The molecule has 1 atom stereocenters. The lowest BCUT2D eigenvalue weighted by Gasteiger charge is -2.23. The molecule has 6 nitrogen and oxygen atoms in total. The highest BCUT2D eigenvalue weighted by Gasteiger charge is 2.33. The number of nitrogens with zero attached hydrogens (tertiary/aromatic N) is 2. The Morgan fingerprint density at radius 2 is 1.96 bits per heavy atom. The number of sulfone groups is 1. The number of hydrogen-bond donors (Lipinski definition) is 1. The molecule has 2 heterocycles. The maximum Gasteiger partial charge on any atom is 0.255 e. The molecular weight excluding hydrogens is 362 g/mol. The van der Waals surface area contributed by atoms with E-state index in [1.165, 1.54) is 16.7 Å². The Labute approximate surface area is 160 Å². The summed E-state index contributed by atoms with van der Waals surface area (Å²) in [5.41, 5.74) is 2.64. The molecule has 1 aromatic carbocycles. The van der Waals surface area contributed by atoms with E-state index >= 15 is 0 Å². The van der Waals surface area contributed by atoms with Crippen LogP contribution in [0, 0.1) is 0 Å². The first-order chi connectivity index (χ1) is 12.8. The van der Waals surface area contributed by atoms with Crippen molar-refractivity contribution in [2.75, 3.05) is 23.9 Å². The highest BCUT2D eigenvalue weighted by molar-refractivity contribution is 7.91. The third kappa shape index (κ3) is 4.47. The van der Waals surface area contributed by atoms with Crippen LogP contribution in [0.1, 0.15) is 42.1 Å². The van der Waals surface area contributed by atoms with Crippen molar-refractivity contribution in [1.82, 2.24) is 9.88 Å². The molecule has 1 aliphatic rings. The van der Waals surface area contributed by atoms with E-state index in [2.05, 4.69) is 30.2 Å². The van der Waals surface area contributed by atoms with E-state index in [-0.39, 0.29) is 23.5 Å². The molecule has 1 saturated heterocycles. The fourth-order valence-corrected chi connectivity index (χ4v) is 5.07. The van der Waals surface area contributed by atoms with E-state index in [0.717, 1.165) is 5.69 Å². The van der Waals surface area contributed by atoms with Crippen LogP contribution in [0.4, 0.5) is 11.5 Å². The number of nitrogens with one attached hydrogen (secondary N) is 1. The standard InChI is InChI=1S/C20H25N3O3S/c1-14(2)17-6-4-5-7-18(17)22-19-9-8-15(12-21-19)20(24)23(3)16-10-11-27(25,26)13-16/h4-9,12,14,16H,10-11,13H2,1-3H3,(H,21,22). The highest BCUT2D eigenvalue weighted by Crippen LogP contribution is 2.26. The van der Waals surface area contributed by atoms with Crippen molar-refractivity contribution in [2.24, 2.45) is 0 Å². The Hall–Kier alpha value is -2.41. The van der Waals surface area contributed by atoms with Gasteiger partial charge in [0.2, 0.25) is 0 Å². The summed E-state index contributed by atoms with van der Waals surface area (Å²) in [5.74, 6) is 1.01. The molecule has 3 rings (SSSR count). The summed E-state index contributed by atoms with van der Waals surface area (Å²) in [7, 11) is -1.38. The Kier molecular flexibility index (Phi) is 5.51. The maximum absolute atomic E-state index is 12.6. The quantitative estimate of drug-likeness (QED) is 0.852. The number of para-hydroxylation sites is 1. The number of aromatic nitrogens is 1. The molecule has 1 N–H and O–H groups in total. The summed E-state index contributed by atoms with van der Waals surface area (Å²) in [6.07, 6.45) is 2.02. The van der Waals surface area contributed by atoms with E-state index in [1.807, 2.05) is 18.2 Å². The molecule has 0 aliphatic carbocycles. The second kappa shape index (κ2) is 7.68. The van der Waals surface area contributed by atoms with Gasteiger partial charge in [0, 0.05) is 25.0 Å². The number of carbonyl (C=O) groups excluding carboxylic acids is 1. The normalized spacial score (nSPS) is 18.4. The van der Waals surface area contributed by atoms with Gasteiger partial charge in [0.05, 0.1) is 17.1 Å². The monoisotopic (exact) mass is 387 g/mol. The van der Waals surface area contributed by atoms with Crippen molar-refractivity contribution in [3.63, 3.8) is 0 Å². The van der Waals surface area contributed by atoms with Gasteiger partial charge in [0.25, 0.3) is 5.91 Å². The maximum atomic E-state index is 12.6. The Bertz CT molecular complexity index is 924. The van der Waals surface area contributed by atoms with Crippen LogP contribution in [0.5, 0.6) is 0 Å². The molecule has 0 radical (unpaired) electrons. The van der Waals surface area contributed by atoms with Gasteiger partial charge in [0.15, 0.2) is 9.84 Å². The van der Waals surface area contributed by atoms with Gasteiger partial charge in [-0.3, -0.25) is 4.79 Å². The third-order valence-electron chi connectivity index (χ3n) is 4.93. The fourth-order valence-electron chi connectivity index (χ4n) is 3.30. The van der Waals surface area contributed by atoms with E-state index < -0.39 is 9.84 Å². The molecule has 1 fully saturated rings. The van der Waals surface area contributed by atoms with E-state index in [4.69, 9.17) is 0 Å². The highest BCUT2D eigenvalue weighted by atomic mass is 32.2. The summed E-state index contributed by atoms with van der Waals surface area (Å²) in [6.45, 7) is 4.27. The molecule has 2 aromatic rings. The van der Waals surface area contributed by atoms with Gasteiger partial charge in [-0.15, -0.1) is 0 Å². The Morgan fingerprint density at radius 1 is 1.22 bits per heavy atom. The van der Waals surface area contributed by atoms with Crippen LogP contribution in [0.2, 0.25) is 0 Å². The van der Waals surface area contributed by atoms with Gasteiger partial charge in [-0.05, 0) is 36.1 Å². The number of carbonyl (C=O) groups is 1. The number of benzene rings is 1. The lowest BCUT2D eigenvalue weighted by Crippen LogP contribution is -2.37. The molecule has 0 saturated carbocycles. The van der Waals surface area contributed by atoms with Gasteiger partial charge in [0.1, 0.15) is 5.82 Å². The van der Waals surface area contributed by atoms with Crippen LogP contribution < -0.4 is 5.32 Å². The minimum atomic E-state index is -3.03. The van der Waals surface area contributed by atoms with E-state index in [1.54, 1.807) is 19.2 Å². The number of anilines is 2. The van der Waals surface area contributed by atoms with Crippen LogP contribution in [0.25, 0.3) is 0 Å². The van der Waals surface area contributed by atoms with Crippen LogP contribution in [0.15, 0.2) is 42.6 Å². The Balaban J connectivity index is 1.71. The fraction of sp³-hybridized carbons (Fsp3) is 0.400. The average molecular weight is 388 g/mol. The van der Waals surface area contributed by atoms with Crippen molar-refractivity contribution < 1.29 is 13.2 Å². The van der Waals surface area contributed by atoms with Crippen molar-refractivity contribution in [3.05, 3.63) is 53.7 Å². The predicted octanol–water partition coefficient (Wildman–Crippen LogP) is 3.21. The van der Waals surface area contributed by atoms with Gasteiger partial charge < -0.3 is 10.2 Å². The summed E-state index contributed by atoms with van der Waals surface area (Å²) < 4.78 is 23.3. The largest absolute Gasteiger partial charge is 0.340 e. The number of rotatable bonds is 5. The molecule has 7 heteroatoms. The first-order valence-electron chi connectivity index (χ1n) is 9.06. The molecule has 0 bridgehead atoms. The van der Waals surface area contributed by atoms with Crippen molar-refractivity contribution in [3.8, 4) is 0 Å². The minimum absolute atomic E-state index is 0.0360. The molecular formula is C20H25N3O3S. The average Bonchev–Trinajstić information content (AvgIpc) is 3.01. The minimum Gasteiger partial charge on any atom is -0.340 e. The van der Waals surface area contributed by atoms with Crippen molar-refractivity contribution >= 4 is 27.2 Å². The lowest BCUT2D eigenvalue weighted by atomic mass is 10.0. The number of amides is 1. The first-order valence-corrected chi connectivity index (χ1v) is 10.9. The molecule has 144 valence electrons. The molecule has 27 heavy (non-hydrogen) atoms. The molecule has 0 spiro atoms.